The first-order valence-electron chi connectivity index (χ1n) is 13.7. The molecule has 1 atom stereocenters. The average molecular weight is 584 g/mol. The topological polar surface area (TPSA) is 108 Å². The van der Waals surface area contributed by atoms with E-state index in [1.54, 1.807) is 22.5 Å². The van der Waals surface area contributed by atoms with E-state index in [-0.39, 0.29) is 17.6 Å². The van der Waals surface area contributed by atoms with Crippen LogP contribution in [0.15, 0.2) is 114 Å². The number of pyridine rings is 1. The van der Waals surface area contributed by atoms with Crippen LogP contribution in [-0.2, 0) is 6.61 Å². The Bertz CT molecular complexity index is 2100. The van der Waals surface area contributed by atoms with Crippen LogP contribution in [0.25, 0.3) is 37.9 Å². The number of hydrogen-bond donors (Lipinski definition) is 1. The average Bonchev–Trinajstić information content (AvgIpc) is 3.55. The molecule has 0 fully saturated rings. The first-order chi connectivity index (χ1) is 21.2. The first kappa shape index (κ1) is 26.4. The Balaban J connectivity index is 1.30. The van der Waals surface area contributed by atoms with Gasteiger partial charge in [-0.2, -0.15) is 0 Å². The zero-order chi connectivity index (χ0) is 29.2. The van der Waals surface area contributed by atoms with Crippen molar-refractivity contribution in [2.24, 2.45) is 0 Å². The van der Waals surface area contributed by atoms with Crippen LogP contribution in [0.1, 0.15) is 24.2 Å². The molecule has 210 valence electrons. The lowest BCUT2D eigenvalue weighted by atomic mass is 9.99. The summed E-state index contributed by atoms with van der Waals surface area (Å²) in [4.78, 5) is 37.3. The maximum absolute atomic E-state index is 14.4. The van der Waals surface area contributed by atoms with Gasteiger partial charge in [-0.05, 0) is 41.6 Å². The van der Waals surface area contributed by atoms with Gasteiger partial charge in [-0.3, -0.25) is 9.36 Å². The minimum absolute atomic E-state index is 0.145. The van der Waals surface area contributed by atoms with Crippen molar-refractivity contribution in [2.45, 2.75) is 19.6 Å². The number of aromatic nitrogens is 6. The van der Waals surface area contributed by atoms with E-state index in [1.807, 2.05) is 91.9 Å². The van der Waals surface area contributed by atoms with Gasteiger partial charge in [0.05, 0.1) is 16.9 Å². The molecule has 0 saturated carbocycles. The van der Waals surface area contributed by atoms with Crippen molar-refractivity contribution in [3.05, 3.63) is 131 Å². The zero-order valence-electron chi connectivity index (χ0n) is 23.1. The second kappa shape index (κ2) is 11.4. The van der Waals surface area contributed by atoms with E-state index in [4.69, 9.17) is 4.74 Å². The highest BCUT2D eigenvalue weighted by Gasteiger charge is 2.20. The quantitative estimate of drug-likeness (QED) is 0.213. The molecule has 0 bridgehead atoms. The smallest absolute Gasteiger partial charge is 0.316 e. The van der Waals surface area contributed by atoms with E-state index in [0.29, 0.717) is 23.3 Å². The number of thiazole rings is 1. The molecule has 0 spiro atoms. The molecule has 9 nitrogen and oxygen atoms in total. The monoisotopic (exact) mass is 583 g/mol. The third kappa shape index (κ3) is 5.20. The van der Waals surface area contributed by atoms with Gasteiger partial charge in [0.25, 0.3) is 5.56 Å². The van der Waals surface area contributed by atoms with Gasteiger partial charge in [0, 0.05) is 29.3 Å². The van der Waals surface area contributed by atoms with Crippen LogP contribution in [0.5, 0.6) is 6.01 Å². The number of rotatable bonds is 8. The predicted molar refractivity (Wildman–Crippen MR) is 169 cm³/mol. The van der Waals surface area contributed by atoms with Gasteiger partial charge in [-0.25, -0.2) is 24.9 Å². The predicted octanol–water partition coefficient (Wildman–Crippen LogP) is 6.60. The van der Waals surface area contributed by atoms with Crippen molar-refractivity contribution < 1.29 is 4.74 Å². The molecule has 0 amide bonds. The highest BCUT2D eigenvalue weighted by atomic mass is 32.1. The van der Waals surface area contributed by atoms with Crippen molar-refractivity contribution >= 4 is 38.3 Å². The molecule has 0 aliphatic heterocycles. The minimum atomic E-state index is -0.287. The molecule has 1 N–H and O–H groups in total. The molecular formula is C33H25N7O2S. The highest BCUT2D eigenvalue weighted by molar-refractivity contribution is 7.16. The second-order valence-electron chi connectivity index (χ2n) is 9.94. The summed E-state index contributed by atoms with van der Waals surface area (Å²) in [6.45, 7) is 2.38. The number of ether oxygens (including phenoxy) is 1. The summed E-state index contributed by atoms with van der Waals surface area (Å²) >= 11 is 1.46. The molecule has 3 aromatic carbocycles. The van der Waals surface area contributed by atoms with E-state index in [9.17, 15) is 4.79 Å². The molecule has 0 aliphatic carbocycles. The number of fused-ring (bicyclic) bond motifs is 2. The van der Waals surface area contributed by atoms with Crippen molar-refractivity contribution in [3.8, 4) is 22.8 Å². The number of nitrogens with one attached hydrogen (secondary N) is 1. The highest BCUT2D eigenvalue weighted by Crippen LogP contribution is 2.31. The molecule has 7 rings (SSSR count). The number of anilines is 1. The third-order valence-corrected chi connectivity index (χ3v) is 7.90. The van der Waals surface area contributed by atoms with E-state index < -0.39 is 0 Å². The van der Waals surface area contributed by atoms with E-state index >= 15 is 0 Å². The largest absolute Gasteiger partial charge is 0.459 e. The van der Waals surface area contributed by atoms with Gasteiger partial charge in [-0.15, -0.1) is 11.3 Å². The summed E-state index contributed by atoms with van der Waals surface area (Å²) in [5.74, 6) is 0.617. The summed E-state index contributed by atoms with van der Waals surface area (Å²) in [5.41, 5.74) is 6.34. The fourth-order valence-corrected chi connectivity index (χ4v) is 5.74. The van der Waals surface area contributed by atoms with E-state index in [2.05, 4.69) is 30.2 Å². The summed E-state index contributed by atoms with van der Waals surface area (Å²) in [7, 11) is 0. The summed E-state index contributed by atoms with van der Waals surface area (Å²) in [6.07, 6.45) is 4.91. The van der Waals surface area contributed by atoms with Crippen molar-refractivity contribution in [2.75, 3.05) is 5.32 Å². The standard InChI is InChI=1S/C33H25N7O2S/c1-21(39-30-29-31(37-19-36-30)43-20-38-29)27-15-23-11-8-14-26(28(23)32(41)40(27)25-12-6-3-7-13-25)24-16-34-33(35-17-24)42-18-22-9-4-2-5-10-22/h2-17,19-21H,18H2,1H3,(H,36,37,39). The molecule has 0 radical (unpaired) electrons. The fraction of sp³-hybridized carbons (Fsp3) is 0.0909. The number of nitrogens with zero attached hydrogens (tertiary/aromatic N) is 6. The van der Waals surface area contributed by atoms with Gasteiger partial charge in [0.15, 0.2) is 5.82 Å². The lowest BCUT2D eigenvalue weighted by molar-refractivity contribution is 0.281. The van der Waals surface area contributed by atoms with Crippen molar-refractivity contribution in [1.29, 1.82) is 0 Å². The Labute approximate surface area is 250 Å². The van der Waals surface area contributed by atoms with Gasteiger partial charge in [-0.1, -0.05) is 66.7 Å². The molecule has 1 unspecified atom stereocenters. The molecule has 43 heavy (non-hydrogen) atoms. The Kier molecular flexibility index (Phi) is 7.02. The second-order valence-corrected chi connectivity index (χ2v) is 10.8. The van der Waals surface area contributed by atoms with Gasteiger partial charge in [0.1, 0.15) is 23.3 Å². The van der Waals surface area contributed by atoms with Gasteiger partial charge in [0.2, 0.25) is 0 Å². The Morgan fingerprint density at radius 1 is 0.884 bits per heavy atom. The van der Waals surface area contributed by atoms with Crippen LogP contribution in [0.3, 0.4) is 0 Å². The van der Waals surface area contributed by atoms with Crippen LogP contribution in [0.2, 0.25) is 0 Å². The maximum Gasteiger partial charge on any atom is 0.316 e. The molecule has 7 aromatic rings. The summed E-state index contributed by atoms with van der Waals surface area (Å²) in [6, 6.07) is 27.3. The Morgan fingerprint density at radius 3 is 2.44 bits per heavy atom. The minimum Gasteiger partial charge on any atom is -0.459 e. The lowest BCUT2D eigenvalue weighted by Crippen LogP contribution is -2.26. The molecule has 0 saturated heterocycles. The molecule has 4 aromatic heterocycles. The fourth-order valence-electron chi connectivity index (χ4n) is 5.12. The molecule has 4 heterocycles. The van der Waals surface area contributed by atoms with Crippen LogP contribution in [0, 0.1) is 0 Å². The molecular weight excluding hydrogens is 558 g/mol. The number of hydrogen-bond acceptors (Lipinski definition) is 9. The number of para-hydroxylation sites is 1. The summed E-state index contributed by atoms with van der Waals surface area (Å²) < 4.78 is 7.53. The van der Waals surface area contributed by atoms with Gasteiger partial charge < -0.3 is 10.1 Å². The van der Waals surface area contributed by atoms with Crippen molar-refractivity contribution in [1.82, 2.24) is 29.5 Å². The SMILES string of the molecule is CC(Nc1ncnc2scnc12)c1cc2cccc(-c3cnc(OCc4ccccc4)nc3)c2c(=O)n1-c1ccccc1. The Morgan fingerprint density at radius 2 is 1.65 bits per heavy atom. The van der Waals surface area contributed by atoms with Crippen LogP contribution in [0.4, 0.5) is 5.82 Å². The van der Waals surface area contributed by atoms with Crippen molar-refractivity contribution in [3.63, 3.8) is 0 Å². The zero-order valence-corrected chi connectivity index (χ0v) is 23.9. The van der Waals surface area contributed by atoms with Crippen LogP contribution < -0.4 is 15.6 Å². The molecule has 10 heteroatoms. The first-order valence-corrected chi connectivity index (χ1v) is 14.6. The van der Waals surface area contributed by atoms with E-state index in [1.165, 1.54) is 17.7 Å². The van der Waals surface area contributed by atoms with Gasteiger partial charge >= 0.3 is 6.01 Å². The lowest BCUT2D eigenvalue weighted by Gasteiger charge is -2.22. The maximum atomic E-state index is 14.4. The van der Waals surface area contributed by atoms with E-state index in [0.717, 1.165) is 38.3 Å². The van der Waals surface area contributed by atoms with Crippen LogP contribution in [-0.4, -0.2) is 29.5 Å². The summed E-state index contributed by atoms with van der Waals surface area (Å²) in [5, 5.41) is 4.85. The number of benzene rings is 3. The normalized spacial score (nSPS) is 11.9. The van der Waals surface area contributed by atoms with Crippen LogP contribution >= 0.6 is 11.3 Å². The third-order valence-electron chi connectivity index (χ3n) is 7.17. The molecule has 0 aliphatic rings. The Hall–Kier alpha value is -5.48.